The second kappa shape index (κ2) is 7.55. The summed E-state index contributed by atoms with van der Waals surface area (Å²) in [4.78, 5) is 16.5. The lowest BCUT2D eigenvalue weighted by molar-refractivity contribution is 0.0950. The number of nitrogens with zero attached hydrogens (tertiary/aromatic N) is 1. The molecule has 3 aromatic rings. The summed E-state index contributed by atoms with van der Waals surface area (Å²) in [6, 6.07) is 9.64. The molecule has 1 aromatic heterocycles. The second-order valence-corrected chi connectivity index (χ2v) is 8.40. The number of aryl methyl sites for hydroxylation is 1. The monoisotopic (exact) mass is 405 g/mol. The predicted octanol–water partition coefficient (Wildman–Crippen LogP) is 2.84. The molecule has 0 spiro atoms. The third kappa shape index (κ3) is 4.57. The molecule has 6 nitrogen and oxygen atoms in total. The molecule has 0 radical (unpaired) electrons. The van der Waals surface area contributed by atoms with Crippen LogP contribution in [0.15, 0.2) is 52.7 Å². The summed E-state index contributed by atoms with van der Waals surface area (Å²) in [6.45, 7) is 2.07. The third-order valence-corrected chi connectivity index (χ3v) is 5.55. The normalized spacial score (nSPS) is 11.4. The van der Waals surface area contributed by atoms with Gasteiger partial charge in [-0.2, -0.15) is 0 Å². The molecule has 3 N–H and O–H groups in total. The molecule has 0 aliphatic heterocycles. The first-order valence-electron chi connectivity index (χ1n) is 7.86. The summed E-state index contributed by atoms with van der Waals surface area (Å²) in [5, 5.41) is 10.6. The van der Waals surface area contributed by atoms with Gasteiger partial charge in [0.05, 0.1) is 22.1 Å². The smallest absolute Gasteiger partial charge is 0.251 e. The van der Waals surface area contributed by atoms with E-state index in [2.05, 4.69) is 10.3 Å². The standard InChI is InChI=1S/C18H16FN3O3S2/c1-11-22-15(10-26-11)9-21-18(23)13-6-12(7-14(19)8-13)16-4-2-3-5-17(16)27(20,24)25/h2-8,10H,9H2,1H3,(H,21,23)(H2,20,24,25). The van der Waals surface area contributed by atoms with E-state index in [1.54, 1.807) is 6.07 Å². The Kier molecular flexibility index (Phi) is 5.36. The summed E-state index contributed by atoms with van der Waals surface area (Å²) >= 11 is 1.47. The fourth-order valence-corrected chi connectivity index (χ4v) is 3.97. The van der Waals surface area contributed by atoms with E-state index >= 15 is 0 Å². The Hall–Kier alpha value is -2.62. The molecular weight excluding hydrogens is 389 g/mol. The average Bonchev–Trinajstić information content (AvgIpc) is 3.03. The quantitative estimate of drug-likeness (QED) is 0.681. The summed E-state index contributed by atoms with van der Waals surface area (Å²) < 4.78 is 37.7. The maximum Gasteiger partial charge on any atom is 0.251 e. The number of carbonyl (C=O) groups excluding carboxylic acids is 1. The third-order valence-electron chi connectivity index (χ3n) is 3.76. The Morgan fingerprint density at radius 2 is 2.00 bits per heavy atom. The van der Waals surface area contributed by atoms with Crippen LogP contribution in [0, 0.1) is 12.7 Å². The van der Waals surface area contributed by atoms with Crippen LogP contribution in [0.3, 0.4) is 0 Å². The molecule has 0 fully saturated rings. The number of carbonyl (C=O) groups is 1. The van der Waals surface area contributed by atoms with E-state index in [4.69, 9.17) is 5.14 Å². The van der Waals surface area contributed by atoms with Crippen LogP contribution in [-0.2, 0) is 16.6 Å². The summed E-state index contributed by atoms with van der Waals surface area (Å²) in [6.07, 6.45) is 0. The van der Waals surface area contributed by atoms with E-state index in [-0.39, 0.29) is 28.1 Å². The van der Waals surface area contributed by atoms with E-state index in [0.717, 1.165) is 17.1 Å². The van der Waals surface area contributed by atoms with Gasteiger partial charge in [-0.05, 0) is 36.8 Å². The molecule has 0 aliphatic carbocycles. The number of sulfonamides is 1. The number of nitrogens with one attached hydrogen (secondary N) is 1. The second-order valence-electron chi connectivity index (χ2n) is 5.81. The van der Waals surface area contributed by atoms with E-state index < -0.39 is 21.7 Å². The zero-order valence-corrected chi connectivity index (χ0v) is 15.9. The Labute approximate surface area is 159 Å². The largest absolute Gasteiger partial charge is 0.346 e. The Morgan fingerprint density at radius 3 is 2.67 bits per heavy atom. The van der Waals surface area contributed by atoms with Gasteiger partial charge in [0, 0.05) is 16.5 Å². The van der Waals surface area contributed by atoms with Crippen LogP contribution >= 0.6 is 11.3 Å². The van der Waals surface area contributed by atoms with Crippen LogP contribution in [0.25, 0.3) is 11.1 Å². The molecule has 9 heteroatoms. The van der Waals surface area contributed by atoms with Crippen molar-refractivity contribution in [3.8, 4) is 11.1 Å². The maximum absolute atomic E-state index is 14.1. The first-order valence-corrected chi connectivity index (χ1v) is 10.3. The van der Waals surface area contributed by atoms with Crippen molar-refractivity contribution in [2.45, 2.75) is 18.4 Å². The number of aromatic nitrogens is 1. The SMILES string of the molecule is Cc1nc(CNC(=O)c2cc(F)cc(-c3ccccc3S(N)(=O)=O)c2)cs1. The molecule has 0 atom stereocenters. The molecule has 0 bridgehead atoms. The van der Waals surface area contributed by atoms with Crippen molar-refractivity contribution < 1.29 is 17.6 Å². The number of nitrogens with two attached hydrogens (primary N) is 1. The van der Waals surface area contributed by atoms with Crippen LogP contribution < -0.4 is 10.5 Å². The number of hydrogen-bond donors (Lipinski definition) is 2. The highest BCUT2D eigenvalue weighted by molar-refractivity contribution is 7.89. The molecule has 1 amide bonds. The number of primary sulfonamides is 1. The van der Waals surface area contributed by atoms with E-state index in [0.29, 0.717) is 5.69 Å². The van der Waals surface area contributed by atoms with Gasteiger partial charge in [0.2, 0.25) is 10.0 Å². The van der Waals surface area contributed by atoms with Crippen molar-refractivity contribution in [3.63, 3.8) is 0 Å². The molecule has 2 aromatic carbocycles. The molecule has 1 heterocycles. The highest BCUT2D eigenvalue weighted by Gasteiger charge is 2.17. The lowest BCUT2D eigenvalue weighted by Gasteiger charge is -2.10. The lowest BCUT2D eigenvalue weighted by atomic mass is 10.0. The lowest BCUT2D eigenvalue weighted by Crippen LogP contribution is -2.23. The van der Waals surface area contributed by atoms with Gasteiger partial charge in [-0.1, -0.05) is 18.2 Å². The molecule has 140 valence electrons. The molecule has 0 unspecified atom stereocenters. The van der Waals surface area contributed by atoms with Gasteiger partial charge in [-0.3, -0.25) is 4.79 Å². The zero-order chi connectivity index (χ0) is 19.6. The van der Waals surface area contributed by atoms with Crippen molar-refractivity contribution in [1.82, 2.24) is 10.3 Å². The molecular formula is C18H16FN3O3S2. The number of thiazole rings is 1. The Balaban J connectivity index is 1.92. The minimum absolute atomic E-state index is 0.0705. The number of rotatable bonds is 5. The van der Waals surface area contributed by atoms with Gasteiger partial charge >= 0.3 is 0 Å². The number of benzene rings is 2. The predicted molar refractivity (Wildman–Crippen MR) is 101 cm³/mol. The van der Waals surface area contributed by atoms with Gasteiger partial charge in [0.15, 0.2) is 0 Å². The summed E-state index contributed by atoms with van der Waals surface area (Å²) in [5.74, 6) is -1.15. The van der Waals surface area contributed by atoms with Crippen molar-refractivity contribution in [2.75, 3.05) is 0 Å². The highest BCUT2D eigenvalue weighted by atomic mass is 32.2. The van der Waals surface area contributed by atoms with Crippen molar-refractivity contribution in [3.05, 3.63) is 69.9 Å². The summed E-state index contributed by atoms with van der Waals surface area (Å²) in [5.41, 5.74) is 1.25. The minimum Gasteiger partial charge on any atom is -0.346 e. The molecule has 0 saturated carbocycles. The van der Waals surface area contributed by atoms with E-state index in [1.807, 2.05) is 12.3 Å². The van der Waals surface area contributed by atoms with Gasteiger partial charge in [-0.25, -0.2) is 22.9 Å². The van der Waals surface area contributed by atoms with Gasteiger partial charge < -0.3 is 5.32 Å². The van der Waals surface area contributed by atoms with Gasteiger partial charge in [-0.15, -0.1) is 11.3 Å². The van der Waals surface area contributed by atoms with E-state index in [9.17, 15) is 17.6 Å². The minimum atomic E-state index is -4.00. The van der Waals surface area contributed by atoms with Crippen LogP contribution in [0.4, 0.5) is 4.39 Å². The van der Waals surface area contributed by atoms with Crippen LogP contribution in [0.2, 0.25) is 0 Å². The first-order chi connectivity index (χ1) is 12.7. The maximum atomic E-state index is 14.1. The number of amides is 1. The van der Waals surface area contributed by atoms with Gasteiger partial charge in [0.1, 0.15) is 5.82 Å². The zero-order valence-electron chi connectivity index (χ0n) is 14.3. The first kappa shape index (κ1) is 19.2. The number of halogens is 1. The van der Waals surface area contributed by atoms with Crippen molar-refractivity contribution >= 4 is 27.3 Å². The topological polar surface area (TPSA) is 102 Å². The Morgan fingerprint density at radius 1 is 1.26 bits per heavy atom. The van der Waals surface area contributed by atoms with Crippen LogP contribution in [0.1, 0.15) is 21.1 Å². The average molecular weight is 405 g/mol. The van der Waals surface area contributed by atoms with Gasteiger partial charge in [0.25, 0.3) is 5.91 Å². The van der Waals surface area contributed by atoms with E-state index in [1.165, 1.54) is 35.6 Å². The fraction of sp³-hybridized carbons (Fsp3) is 0.111. The van der Waals surface area contributed by atoms with Crippen LogP contribution in [0.5, 0.6) is 0 Å². The molecule has 27 heavy (non-hydrogen) atoms. The molecule has 3 rings (SSSR count). The molecule has 0 aliphatic rings. The van der Waals surface area contributed by atoms with Crippen molar-refractivity contribution in [1.29, 1.82) is 0 Å². The fourth-order valence-electron chi connectivity index (χ4n) is 2.59. The van der Waals surface area contributed by atoms with Crippen LogP contribution in [-0.4, -0.2) is 19.3 Å². The highest BCUT2D eigenvalue weighted by Crippen LogP contribution is 2.28. The molecule has 0 saturated heterocycles. The number of hydrogen-bond acceptors (Lipinski definition) is 5. The summed E-state index contributed by atoms with van der Waals surface area (Å²) in [7, 11) is -4.00. The Bertz CT molecular complexity index is 1110. The van der Waals surface area contributed by atoms with Crippen molar-refractivity contribution in [2.24, 2.45) is 5.14 Å².